The molecule has 2 heterocycles. The lowest BCUT2D eigenvalue weighted by molar-refractivity contribution is 0.0972. The van der Waals surface area contributed by atoms with Gasteiger partial charge in [-0.1, -0.05) is 57.5 Å². The van der Waals surface area contributed by atoms with Crippen molar-refractivity contribution in [2.24, 2.45) is 11.8 Å². The number of aromatic nitrogens is 2. The Morgan fingerprint density at radius 3 is 2.53 bits per heavy atom. The van der Waals surface area contributed by atoms with Crippen molar-refractivity contribution in [1.29, 1.82) is 0 Å². The minimum absolute atomic E-state index is 0.226. The zero-order valence-corrected chi connectivity index (χ0v) is 21.4. The number of pyridine rings is 1. The highest BCUT2D eigenvalue weighted by Crippen LogP contribution is 2.38. The summed E-state index contributed by atoms with van der Waals surface area (Å²) in [4.78, 5) is 17.9. The molecule has 1 saturated carbocycles. The maximum atomic E-state index is 13.5. The molecule has 0 bridgehead atoms. The smallest absolute Gasteiger partial charge is 0.282 e. The van der Waals surface area contributed by atoms with E-state index in [9.17, 15) is 13.2 Å². The zero-order chi connectivity index (χ0) is 24.6. The third-order valence-corrected chi connectivity index (χ3v) is 7.67. The van der Waals surface area contributed by atoms with Gasteiger partial charge < -0.3 is 9.30 Å². The quantitative estimate of drug-likeness (QED) is 0.429. The second kappa shape index (κ2) is 9.58. The normalized spacial score (nSPS) is 14.2. The van der Waals surface area contributed by atoms with Crippen LogP contribution in [0.4, 0.5) is 0 Å². The molecular weight excluding hydrogens is 474 g/mol. The van der Waals surface area contributed by atoms with Gasteiger partial charge in [-0.25, -0.2) is 18.1 Å². The molecule has 0 unspecified atom stereocenters. The van der Waals surface area contributed by atoms with Gasteiger partial charge in [0.2, 0.25) is 15.9 Å². The average Bonchev–Trinajstić information content (AvgIpc) is 3.57. The fourth-order valence-electron chi connectivity index (χ4n) is 3.94. The molecule has 0 saturated heterocycles. The number of ether oxygens (including phenoxy) is 1. The van der Waals surface area contributed by atoms with Gasteiger partial charge in [0.05, 0.1) is 11.9 Å². The second-order valence-electron chi connectivity index (χ2n) is 9.64. The molecule has 34 heavy (non-hydrogen) atoms. The first-order chi connectivity index (χ1) is 16.1. The van der Waals surface area contributed by atoms with Crippen LogP contribution in [0.15, 0.2) is 36.5 Å². The summed E-state index contributed by atoms with van der Waals surface area (Å²) in [6.07, 6.45) is 2.76. The number of sulfonamides is 1. The predicted molar refractivity (Wildman–Crippen MR) is 135 cm³/mol. The van der Waals surface area contributed by atoms with Crippen molar-refractivity contribution in [3.8, 4) is 17.0 Å². The minimum atomic E-state index is -3.72. The van der Waals surface area contributed by atoms with Crippen LogP contribution in [0, 0.1) is 11.8 Å². The van der Waals surface area contributed by atoms with Crippen LogP contribution in [0.2, 0.25) is 5.02 Å². The fourth-order valence-corrected chi connectivity index (χ4v) is 5.44. The van der Waals surface area contributed by atoms with Gasteiger partial charge in [-0.15, -0.1) is 0 Å². The van der Waals surface area contributed by atoms with Crippen LogP contribution in [0.25, 0.3) is 22.0 Å². The number of fused-ring (bicyclic) bond motifs is 1. The lowest BCUT2D eigenvalue weighted by Crippen LogP contribution is -2.35. The maximum Gasteiger partial charge on any atom is 0.282 e. The summed E-state index contributed by atoms with van der Waals surface area (Å²) in [7, 11) is -3.72. The lowest BCUT2D eigenvalue weighted by Gasteiger charge is -2.15. The van der Waals surface area contributed by atoms with E-state index in [1.165, 1.54) is 0 Å². The molecule has 182 valence electrons. The molecule has 2 aromatic heterocycles. The molecule has 9 heteroatoms. The Morgan fingerprint density at radius 2 is 1.91 bits per heavy atom. The maximum absolute atomic E-state index is 13.5. The van der Waals surface area contributed by atoms with Crippen molar-refractivity contribution in [2.75, 3.05) is 6.61 Å². The van der Waals surface area contributed by atoms with Crippen LogP contribution < -0.4 is 9.46 Å². The first kappa shape index (κ1) is 24.5. The monoisotopic (exact) mass is 503 g/mol. The number of benzene rings is 1. The fraction of sp³-hybridized carbons (Fsp3) is 0.440. The Hall–Kier alpha value is -2.58. The van der Waals surface area contributed by atoms with Gasteiger partial charge in [0.1, 0.15) is 10.7 Å². The van der Waals surface area contributed by atoms with Gasteiger partial charge >= 0.3 is 0 Å². The number of nitrogens with one attached hydrogen (secondary N) is 1. The highest BCUT2D eigenvalue weighted by atomic mass is 35.5. The molecule has 4 rings (SSSR count). The number of halogens is 1. The summed E-state index contributed by atoms with van der Waals surface area (Å²) in [6, 6.07) is 9.37. The molecule has 3 aromatic rings. The van der Waals surface area contributed by atoms with Crippen LogP contribution in [0.1, 0.15) is 51.0 Å². The lowest BCUT2D eigenvalue weighted by atomic mass is 10.0. The molecule has 1 aliphatic rings. The molecule has 0 aliphatic heterocycles. The summed E-state index contributed by atoms with van der Waals surface area (Å²) in [5.41, 5.74) is 2.35. The molecule has 1 aliphatic carbocycles. The van der Waals surface area contributed by atoms with Crippen molar-refractivity contribution >= 4 is 38.4 Å². The third-order valence-electron chi connectivity index (χ3n) is 5.58. The number of carbonyl (C=O) groups is 1. The van der Waals surface area contributed by atoms with E-state index in [-0.39, 0.29) is 11.6 Å². The van der Waals surface area contributed by atoms with Crippen LogP contribution in [-0.4, -0.2) is 35.7 Å². The average molecular weight is 504 g/mol. The highest BCUT2D eigenvalue weighted by molar-refractivity contribution is 7.91. The summed E-state index contributed by atoms with van der Waals surface area (Å²) in [6.45, 7) is 9.20. The molecular formula is C25H30ClN3O4S. The highest BCUT2D eigenvalue weighted by Gasteiger charge is 2.38. The largest absolute Gasteiger partial charge is 0.476 e. The summed E-state index contributed by atoms with van der Waals surface area (Å²) in [5.74, 6) is 0.224. The van der Waals surface area contributed by atoms with E-state index >= 15 is 0 Å². The van der Waals surface area contributed by atoms with Gasteiger partial charge in [-0.05, 0) is 36.8 Å². The molecule has 0 radical (unpaired) electrons. The molecule has 0 atom stereocenters. The molecule has 1 aromatic carbocycles. The van der Waals surface area contributed by atoms with E-state index in [0.29, 0.717) is 53.9 Å². The van der Waals surface area contributed by atoms with E-state index < -0.39 is 21.2 Å². The van der Waals surface area contributed by atoms with Crippen molar-refractivity contribution in [3.63, 3.8) is 0 Å². The van der Waals surface area contributed by atoms with Crippen molar-refractivity contribution in [2.45, 2.75) is 52.3 Å². The molecule has 1 fully saturated rings. The topological polar surface area (TPSA) is 90.3 Å². The predicted octanol–water partition coefficient (Wildman–Crippen LogP) is 5.27. The van der Waals surface area contributed by atoms with Gasteiger partial charge in [-0.3, -0.25) is 4.79 Å². The SMILES string of the molecule is CC(C)COc1ncc(-c2c(C(=O)NS(=O)(=O)C3CC3)n(CC(C)C)c3ccccc23)cc1Cl. The Kier molecular flexibility index (Phi) is 6.92. The van der Waals surface area contributed by atoms with E-state index in [2.05, 4.69) is 23.6 Å². The van der Waals surface area contributed by atoms with Crippen LogP contribution >= 0.6 is 11.6 Å². The molecule has 7 nitrogen and oxygen atoms in total. The van der Waals surface area contributed by atoms with Gasteiger partial charge in [0.15, 0.2) is 0 Å². The Balaban J connectivity index is 1.87. The zero-order valence-electron chi connectivity index (χ0n) is 19.8. The van der Waals surface area contributed by atoms with E-state index in [1.807, 2.05) is 42.7 Å². The summed E-state index contributed by atoms with van der Waals surface area (Å²) < 4.78 is 35.1. The van der Waals surface area contributed by atoms with Crippen molar-refractivity contribution in [3.05, 3.63) is 47.2 Å². The van der Waals surface area contributed by atoms with Crippen molar-refractivity contribution < 1.29 is 17.9 Å². The Bertz CT molecular complexity index is 1330. The standard InChI is InChI=1S/C25H30ClN3O4S/c1-15(2)13-29-21-8-6-5-7-19(21)22(23(29)24(30)28-34(31,32)18-9-10-18)17-11-20(26)25(27-12-17)33-14-16(3)4/h5-8,11-12,15-16,18H,9-10,13-14H2,1-4H3,(H,28,30). The van der Waals surface area contributed by atoms with Crippen LogP contribution in [0.5, 0.6) is 5.88 Å². The van der Waals surface area contributed by atoms with E-state index in [4.69, 9.17) is 16.3 Å². The first-order valence-electron chi connectivity index (χ1n) is 11.5. The summed E-state index contributed by atoms with van der Waals surface area (Å²) in [5, 5.41) is 0.651. The molecule has 0 spiro atoms. The molecule has 1 N–H and O–H groups in total. The summed E-state index contributed by atoms with van der Waals surface area (Å²) >= 11 is 6.50. The third kappa shape index (κ3) is 5.08. The minimum Gasteiger partial charge on any atom is -0.476 e. The number of hydrogen-bond donors (Lipinski definition) is 1. The van der Waals surface area contributed by atoms with Crippen molar-refractivity contribution in [1.82, 2.24) is 14.3 Å². The van der Waals surface area contributed by atoms with Crippen LogP contribution in [0.3, 0.4) is 0 Å². The first-order valence-corrected chi connectivity index (χ1v) is 13.5. The van der Waals surface area contributed by atoms with Gasteiger partial charge in [0.25, 0.3) is 5.91 Å². The second-order valence-corrected chi connectivity index (χ2v) is 12.0. The van der Waals surface area contributed by atoms with Gasteiger partial charge in [-0.2, -0.15) is 0 Å². The number of rotatable bonds is 9. The van der Waals surface area contributed by atoms with E-state index in [1.54, 1.807) is 12.3 Å². The Labute approximate surface area is 205 Å². The van der Waals surface area contributed by atoms with Gasteiger partial charge in [0, 0.05) is 34.8 Å². The van der Waals surface area contributed by atoms with E-state index in [0.717, 1.165) is 10.9 Å². The number of para-hydroxylation sites is 1. The number of hydrogen-bond acceptors (Lipinski definition) is 5. The number of carbonyl (C=O) groups excluding carboxylic acids is 1. The van der Waals surface area contributed by atoms with Crippen LogP contribution in [-0.2, 0) is 16.6 Å². The molecule has 1 amide bonds. The Morgan fingerprint density at radius 1 is 1.21 bits per heavy atom. The number of amides is 1. The number of nitrogens with zero attached hydrogens (tertiary/aromatic N) is 2.